The highest BCUT2D eigenvalue weighted by Gasteiger charge is 2.55. The molecule has 0 N–H and O–H groups in total. The third kappa shape index (κ3) is 4.29. The van der Waals surface area contributed by atoms with E-state index in [9.17, 15) is 9.59 Å². The van der Waals surface area contributed by atoms with Crippen molar-refractivity contribution in [3.63, 3.8) is 0 Å². The van der Waals surface area contributed by atoms with Crippen LogP contribution in [0, 0.1) is 5.92 Å². The number of hydrogen-bond donors (Lipinski definition) is 0. The highest BCUT2D eigenvalue weighted by Crippen LogP contribution is 2.41. The van der Waals surface area contributed by atoms with E-state index in [1.54, 1.807) is 18.2 Å². The predicted molar refractivity (Wildman–Crippen MR) is 101 cm³/mol. The van der Waals surface area contributed by atoms with Crippen LogP contribution in [-0.2, 0) is 19.1 Å². The van der Waals surface area contributed by atoms with Crippen LogP contribution in [0.1, 0.15) is 57.4 Å². The maximum atomic E-state index is 12.3. The SMILES string of the molecule is CCCCCCCC[C@H]1OC(=O)[C@@H]2OC(=O)/C(=C\c3cccc(Cl)c3)[C@H]12. The van der Waals surface area contributed by atoms with Crippen molar-refractivity contribution in [1.29, 1.82) is 0 Å². The summed E-state index contributed by atoms with van der Waals surface area (Å²) in [5.74, 6) is -1.16. The van der Waals surface area contributed by atoms with E-state index >= 15 is 0 Å². The van der Waals surface area contributed by atoms with Gasteiger partial charge in [-0.3, -0.25) is 0 Å². The van der Waals surface area contributed by atoms with Crippen LogP contribution < -0.4 is 0 Å². The number of halogens is 1. The summed E-state index contributed by atoms with van der Waals surface area (Å²) in [4.78, 5) is 24.4. The Balaban J connectivity index is 1.68. The van der Waals surface area contributed by atoms with Crippen molar-refractivity contribution in [3.05, 3.63) is 40.4 Å². The number of benzene rings is 1. The second kappa shape index (κ2) is 8.72. The molecule has 0 aromatic heterocycles. The van der Waals surface area contributed by atoms with Crippen molar-refractivity contribution in [2.75, 3.05) is 0 Å². The van der Waals surface area contributed by atoms with Gasteiger partial charge in [-0.1, -0.05) is 62.8 Å². The van der Waals surface area contributed by atoms with Crippen molar-refractivity contribution < 1.29 is 19.1 Å². The number of carbonyl (C=O) groups is 2. The molecule has 3 rings (SSSR count). The van der Waals surface area contributed by atoms with Gasteiger partial charge in [0.15, 0.2) is 0 Å². The van der Waals surface area contributed by atoms with Crippen molar-refractivity contribution >= 4 is 29.6 Å². The van der Waals surface area contributed by atoms with Crippen LogP contribution in [0.2, 0.25) is 5.02 Å². The molecule has 1 aromatic carbocycles. The van der Waals surface area contributed by atoms with Crippen LogP contribution in [0.4, 0.5) is 0 Å². The second-order valence-electron chi connectivity index (χ2n) is 7.04. The summed E-state index contributed by atoms with van der Waals surface area (Å²) in [5, 5.41) is 0.602. The lowest BCUT2D eigenvalue weighted by molar-refractivity contribution is -0.156. The van der Waals surface area contributed by atoms with Crippen molar-refractivity contribution in [2.24, 2.45) is 5.92 Å². The zero-order chi connectivity index (χ0) is 18.5. The first-order chi connectivity index (χ1) is 12.6. The van der Waals surface area contributed by atoms with Crippen LogP contribution in [0.25, 0.3) is 6.08 Å². The summed E-state index contributed by atoms with van der Waals surface area (Å²) in [6.45, 7) is 2.20. The first kappa shape index (κ1) is 19.0. The Hall–Kier alpha value is -1.81. The van der Waals surface area contributed by atoms with Crippen LogP contribution >= 0.6 is 11.6 Å². The number of ether oxygens (including phenoxy) is 2. The third-order valence-corrected chi connectivity index (χ3v) is 5.30. The Labute approximate surface area is 159 Å². The topological polar surface area (TPSA) is 52.6 Å². The van der Waals surface area contributed by atoms with Gasteiger partial charge in [0.05, 0.1) is 5.92 Å². The first-order valence-corrected chi connectivity index (χ1v) is 9.86. The molecule has 0 amide bonds. The van der Waals surface area contributed by atoms with E-state index in [2.05, 4.69) is 6.92 Å². The van der Waals surface area contributed by atoms with E-state index in [1.165, 1.54) is 25.7 Å². The minimum absolute atomic E-state index is 0.282. The van der Waals surface area contributed by atoms with E-state index in [0.29, 0.717) is 10.6 Å². The molecule has 0 spiro atoms. The van der Waals surface area contributed by atoms with Gasteiger partial charge >= 0.3 is 11.9 Å². The molecule has 0 radical (unpaired) electrons. The minimum Gasteiger partial charge on any atom is -0.459 e. The van der Waals surface area contributed by atoms with E-state index in [4.69, 9.17) is 21.1 Å². The number of carbonyl (C=O) groups excluding carboxylic acids is 2. The average Bonchev–Trinajstić information content (AvgIpc) is 3.09. The Bertz CT molecular complexity index is 697. The molecule has 0 bridgehead atoms. The van der Waals surface area contributed by atoms with E-state index in [0.717, 1.165) is 24.8 Å². The molecule has 2 heterocycles. The zero-order valence-electron chi connectivity index (χ0n) is 15.1. The van der Waals surface area contributed by atoms with Gasteiger partial charge in [-0.05, 0) is 36.6 Å². The summed E-state index contributed by atoms with van der Waals surface area (Å²) in [7, 11) is 0. The van der Waals surface area contributed by atoms with Gasteiger partial charge in [0.25, 0.3) is 0 Å². The van der Waals surface area contributed by atoms with Gasteiger partial charge in [-0.2, -0.15) is 0 Å². The fourth-order valence-electron chi connectivity index (χ4n) is 3.73. The Morgan fingerprint density at radius 2 is 1.85 bits per heavy atom. The van der Waals surface area contributed by atoms with Gasteiger partial charge in [-0.15, -0.1) is 0 Å². The van der Waals surface area contributed by atoms with Crippen molar-refractivity contribution in [3.8, 4) is 0 Å². The van der Waals surface area contributed by atoms with Gasteiger partial charge < -0.3 is 9.47 Å². The quantitative estimate of drug-likeness (QED) is 0.366. The molecule has 26 heavy (non-hydrogen) atoms. The maximum Gasteiger partial charge on any atom is 0.348 e. The van der Waals surface area contributed by atoms with Gasteiger partial charge in [0.2, 0.25) is 6.10 Å². The predicted octanol–water partition coefficient (Wildman–Crippen LogP) is 4.94. The standard InChI is InChI=1S/C21H25ClO4/c1-2-3-4-5-6-7-11-17-18-16(13-14-9-8-10-15(22)12-14)20(23)26-19(18)21(24)25-17/h8-10,12-13,17-19H,2-7,11H2,1H3/b16-13-/t17-,18-,19-/m1/s1. The Kier molecular flexibility index (Phi) is 6.36. The lowest BCUT2D eigenvalue weighted by Gasteiger charge is -2.15. The molecule has 0 unspecified atom stereocenters. The maximum absolute atomic E-state index is 12.3. The van der Waals surface area contributed by atoms with E-state index in [-0.39, 0.29) is 12.0 Å². The summed E-state index contributed by atoms with van der Waals surface area (Å²) in [6.07, 6.45) is 8.50. The van der Waals surface area contributed by atoms with E-state index < -0.39 is 18.0 Å². The van der Waals surface area contributed by atoms with E-state index in [1.807, 2.05) is 12.1 Å². The van der Waals surface area contributed by atoms with Crippen LogP contribution in [0.5, 0.6) is 0 Å². The number of unbranched alkanes of at least 4 members (excludes halogenated alkanes) is 5. The molecular weight excluding hydrogens is 352 g/mol. The molecule has 2 aliphatic rings. The lowest BCUT2D eigenvalue weighted by atomic mass is 9.88. The molecule has 1 aromatic rings. The Morgan fingerprint density at radius 1 is 1.08 bits per heavy atom. The monoisotopic (exact) mass is 376 g/mol. The molecule has 2 saturated heterocycles. The molecule has 0 aliphatic carbocycles. The second-order valence-corrected chi connectivity index (χ2v) is 7.47. The number of rotatable bonds is 8. The lowest BCUT2D eigenvalue weighted by Crippen LogP contribution is -2.22. The fraction of sp³-hybridized carbons (Fsp3) is 0.524. The van der Waals surface area contributed by atoms with Crippen molar-refractivity contribution in [2.45, 2.75) is 64.1 Å². The smallest absolute Gasteiger partial charge is 0.348 e. The number of fused-ring (bicyclic) bond motifs is 1. The highest BCUT2D eigenvalue weighted by atomic mass is 35.5. The number of hydrogen-bond acceptors (Lipinski definition) is 4. The summed E-state index contributed by atoms with van der Waals surface area (Å²) < 4.78 is 10.8. The van der Waals surface area contributed by atoms with Crippen LogP contribution in [0.15, 0.2) is 29.8 Å². The van der Waals surface area contributed by atoms with Gasteiger partial charge in [0, 0.05) is 10.6 Å². The van der Waals surface area contributed by atoms with Gasteiger partial charge in [-0.25, -0.2) is 9.59 Å². The zero-order valence-corrected chi connectivity index (χ0v) is 15.8. The average molecular weight is 377 g/mol. The molecule has 140 valence electrons. The molecule has 4 nitrogen and oxygen atoms in total. The normalized spacial score (nSPS) is 26.1. The summed E-state index contributed by atoms with van der Waals surface area (Å²) in [5.41, 5.74) is 1.34. The number of esters is 2. The van der Waals surface area contributed by atoms with Gasteiger partial charge in [0.1, 0.15) is 6.10 Å². The largest absolute Gasteiger partial charge is 0.459 e. The molecule has 5 heteroatoms. The van der Waals surface area contributed by atoms with Crippen LogP contribution in [-0.4, -0.2) is 24.1 Å². The minimum atomic E-state index is -0.793. The Morgan fingerprint density at radius 3 is 2.62 bits per heavy atom. The summed E-state index contributed by atoms with van der Waals surface area (Å²) >= 11 is 6.03. The molecule has 0 saturated carbocycles. The fourth-order valence-corrected chi connectivity index (χ4v) is 3.93. The van der Waals surface area contributed by atoms with Crippen LogP contribution in [0.3, 0.4) is 0 Å². The molecule has 2 fully saturated rings. The van der Waals surface area contributed by atoms with Crippen molar-refractivity contribution in [1.82, 2.24) is 0 Å². The number of cyclic esters (lactones) is 1. The summed E-state index contributed by atoms with van der Waals surface area (Å²) in [6, 6.07) is 7.27. The first-order valence-electron chi connectivity index (χ1n) is 9.48. The molecule has 3 atom stereocenters. The molecular formula is C21H25ClO4. The third-order valence-electron chi connectivity index (χ3n) is 5.07. The highest BCUT2D eigenvalue weighted by molar-refractivity contribution is 6.30. The molecule has 2 aliphatic heterocycles.